The highest BCUT2D eigenvalue weighted by atomic mass is 35.5. The fourth-order valence-electron chi connectivity index (χ4n) is 5.38. The Kier molecular flexibility index (Phi) is 5.46. The van der Waals surface area contributed by atoms with Crippen LogP contribution in [0.2, 0.25) is 5.02 Å². The number of aromatic amines is 1. The zero-order valence-corrected chi connectivity index (χ0v) is 20.6. The number of aromatic nitrogens is 4. The number of hydrogen-bond donors (Lipinski definition) is 2. The molecule has 1 saturated carbocycles. The van der Waals surface area contributed by atoms with Crippen LogP contribution in [0.3, 0.4) is 0 Å². The first kappa shape index (κ1) is 22.9. The second-order valence-corrected chi connectivity index (χ2v) is 10.2. The normalized spacial score (nSPS) is 17.5. The van der Waals surface area contributed by atoms with Gasteiger partial charge in [-0.1, -0.05) is 35.9 Å². The lowest BCUT2D eigenvalue weighted by atomic mass is 9.91. The van der Waals surface area contributed by atoms with E-state index >= 15 is 0 Å². The SMILES string of the molecule is Cn1ncc2c(C3(c4nc5c(c(=O)[nH]4)CN(C(=O)C(O)c4cccc(Cl)c4)CCC5)CC3)cccc21. The first-order valence-electron chi connectivity index (χ1n) is 12.1. The molecule has 1 atom stereocenters. The van der Waals surface area contributed by atoms with E-state index in [1.807, 2.05) is 30.1 Å². The lowest BCUT2D eigenvalue weighted by Crippen LogP contribution is -2.36. The summed E-state index contributed by atoms with van der Waals surface area (Å²) < 4.78 is 1.85. The number of hydrogen-bond acceptors (Lipinski definition) is 5. The molecule has 9 heteroatoms. The van der Waals surface area contributed by atoms with Crippen molar-refractivity contribution in [2.75, 3.05) is 6.54 Å². The van der Waals surface area contributed by atoms with Crippen LogP contribution in [-0.4, -0.2) is 42.2 Å². The molecule has 36 heavy (non-hydrogen) atoms. The molecule has 0 radical (unpaired) electrons. The van der Waals surface area contributed by atoms with Crippen molar-refractivity contribution in [3.8, 4) is 0 Å². The van der Waals surface area contributed by atoms with Crippen LogP contribution >= 0.6 is 11.6 Å². The van der Waals surface area contributed by atoms with E-state index in [2.05, 4.69) is 16.1 Å². The van der Waals surface area contributed by atoms with E-state index in [4.69, 9.17) is 16.6 Å². The second-order valence-electron chi connectivity index (χ2n) is 9.75. The van der Waals surface area contributed by atoms with Crippen molar-refractivity contribution in [3.63, 3.8) is 0 Å². The molecule has 3 heterocycles. The van der Waals surface area contributed by atoms with Gasteiger partial charge in [-0.05, 0) is 55.0 Å². The molecule has 8 nitrogen and oxygen atoms in total. The van der Waals surface area contributed by atoms with E-state index in [0.29, 0.717) is 41.4 Å². The molecule has 0 spiro atoms. The largest absolute Gasteiger partial charge is 0.378 e. The molecule has 2 aromatic heterocycles. The Balaban J connectivity index is 1.33. The summed E-state index contributed by atoms with van der Waals surface area (Å²) >= 11 is 6.03. The first-order valence-corrected chi connectivity index (χ1v) is 12.5. The van der Waals surface area contributed by atoms with Crippen LogP contribution in [0, 0.1) is 0 Å². The third-order valence-electron chi connectivity index (χ3n) is 7.51. The van der Waals surface area contributed by atoms with Crippen LogP contribution in [0.4, 0.5) is 0 Å². The van der Waals surface area contributed by atoms with Gasteiger partial charge in [-0.3, -0.25) is 14.3 Å². The van der Waals surface area contributed by atoms with Gasteiger partial charge >= 0.3 is 0 Å². The van der Waals surface area contributed by atoms with Gasteiger partial charge in [-0.25, -0.2) is 4.98 Å². The van der Waals surface area contributed by atoms with Gasteiger partial charge in [-0.2, -0.15) is 5.10 Å². The number of H-pyrrole nitrogens is 1. The zero-order valence-electron chi connectivity index (χ0n) is 19.9. The fraction of sp³-hybridized carbons (Fsp3) is 0.333. The van der Waals surface area contributed by atoms with E-state index in [1.54, 1.807) is 24.3 Å². The number of benzene rings is 2. The van der Waals surface area contributed by atoms with Crippen molar-refractivity contribution in [1.82, 2.24) is 24.6 Å². The second kappa shape index (κ2) is 8.57. The Labute approximate surface area is 212 Å². The van der Waals surface area contributed by atoms with Crippen molar-refractivity contribution >= 4 is 28.4 Å². The van der Waals surface area contributed by atoms with Gasteiger partial charge < -0.3 is 15.0 Å². The van der Waals surface area contributed by atoms with Gasteiger partial charge in [0.1, 0.15) is 5.82 Å². The minimum absolute atomic E-state index is 0.111. The molecular formula is C27H26ClN5O3. The van der Waals surface area contributed by atoms with E-state index < -0.39 is 12.0 Å². The summed E-state index contributed by atoms with van der Waals surface area (Å²) in [5.74, 6) is 0.233. The summed E-state index contributed by atoms with van der Waals surface area (Å²) in [6.45, 7) is 0.543. The molecule has 6 rings (SSSR count). The Morgan fingerprint density at radius 1 is 1.22 bits per heavy atom. The maximum Gasteiger partial charge on any atom is 0.256 e. The lowest BCUT2D eigenvalue weighted by molar-refractivity contribution is -0.141. The summed E-state index contributed by atoms with van der Waals surface area (Å²) in [5, 5.41) is 16.6. The van der Waals surface area contributed by atoms with Crippen molar-refractivity contribution in [3.05, 3.63) is 92.2 Å². The van der Waals surface area contributed by atoms with Crippen LogP contribution in [0.25, 0.3) is 10.9 Å². The quantitative estimate of drug-likeness (QED) is 0.444. The average Bonchev–Trinajstić information content (AvgIpc) is 3.64. The monoisotopic (exact) mass is 503 g/mol. The molecule has 1 amide bonds. The molecule has 1 fully saturated rings. The zero-order chi connectivity index (χ0) is 25.0. The van der Waals surface area contributed by atoms with Crippen molar-refractivity contribution in [2.45, 2.75) is 43.7 Å². The van der Waals surface area contributed by atoms with Crippen molar-refractivity contribution in [1.29, 1.82) is 0 Å². The Hall–Kier alpha value is -3.49. The maximum atomic E-state index is 13.3. The molecular weight excluding hydrogens is 478 g/mol. The number of fused-ring (bicyclic) bond motifs is 2. The molecule has 2 N–H and O–H groups in total. The number of aliphatic hydroxyl groups is 1. The predicted molar refractivity (Wildman–Crippen MR) is 136 cm³/mol. The van der Waals surface area contributed by atoms with Crippen LogP contribution < -0.4 is 5.56 Å². The van der Waals surface area contributed by atoms with Crippen molar-refractivity contribution in [2.24, 2.45) is 7.05 Å². The van der Waals surface area contributed by atoms with Gasteiger partial charge in [0.05, 0.1) is 34.9 Å². The third kappa shape index (κ3) is 3.72. The van der Waals surface area contributed by atoms with Gasteiger partial charge in [0.2, 0.25) is 0 Å². The molecule has 2 aliphatic rings. The van der Waals surface area contributed by atoms with Gasteiger partial charge in [-0.15, -0.1) is 0 Å². The summed E-state index contributed by atoms with van der Waals surface area (Å²) in [6.07, 6.45) is 3.59. The maximum absolute atomic E-state index is 13.3. The molecule has 2 aromatic carbocycles. The average molecular weight is 504 g/mol. The number of carbonyl (C=O) groups excluding carboxylic acids is 1. The molecule has 1 unspecified atom stereocenters. The highest BCUT2D eigenvalue weighted by molar-refractivity contribution is 6.30. The summed E-state index contributed by atoms with van der Waals surface area (Å²) in [6, 6.07) is 12.8. The number of halogens is 1. The number of aliphatic hydroxyl groups excluding tert-OH is 1. The number of amides is 1. The van der Waals surface area contributed by atoms with Crippen LogP contribution in [0.1, 0.15) is 53.6 Å². The van der Waals surface area contributed by atoms with Gasteiger partial charge in [0, 0.05) is 24.0 Å². The molecule has 184 valence electrons. The Morgan fingerprint density at radius 3 is 2.81 bits per heavy atom. The Morgan fingerprint density at radius 2 is 2.03 bits per heavy atom. The molecule has 4 aromatic rings. The van der Waals surface area contributed by atoms with E-state index in [-0.39, 0.29) is 17.5 Å². The van der Waals surface area contributed by atoms with Gasteiger partial charge in [0.25, 0.3) is 11.5 Å². The first-order chi connectivity index (χ1) is 17.4. The predicted octanol–water partition coefficient (Wildman–Crippen LogP) is 3.40. The van der Waals surface area contributed by atoms with Crippen molar-refractivity contribution < 1.29 is 9.90 Å². The third-order valence-corrected chi connectivity index (χ3v) is 7.75. The minimum atomic E-state index is -1.34. The number of nitrogens with one attached hydrogen (secondary N) is 1. The number of nitrogens with zero attached hydrogens (tertiary/aromatic N) is 4. The topological polar surface area (TPSA) is 104 Å². The smallest absolute Gasteiger partial charge is 0.256 e. The molecule has 0 saturated heterocycles. The number of rotatable bonds is 4. The molecule has 1 aliphatic carbocycles. The van der Waals surface area contributed by atoms with Crippen LogP contribution in [0.15, 0.2) is 53.5 Å². The highest BCUT2D eigenvalue weighted by Gasteiger charge is 2.49. The highest BCUT2D eigenvalue weighted by Crippen LogP contribution is 2.53. The summed E-state index contributed by atoms with van der Waals surface area (Å²) in [7, 11) is 1.92. The van der Waals surface area contributed by atoms with Gasteiger partial charge in [0.15, 0.2) is 6.10 Å². The van der Waals surface area contributed by atoms with Crippen LogP contribution in [0.5, 0.6) is 0 Å². The van der Waals surface area contributed by atoms with E-state index in [9.17, 15) is 14.7 Å². The minimum Gasteiger partial charge on any atom is -0.378 e. The Bertz CT molecular complexity index is 1550. The summed E-state index contributed by atoms with van der Waals surface area (Å²) in [5.41, 5.74) is 3.26. The molecule has 0 bridgehead atoms. The van der Waals surface area contributed by atoms with E-state index in [1.165, 1.54) is 4.90 Å². The number of aryl methyl sites for hydroxylation is 2. The standard InChI is InChI=1S/C27H26ClN5O3/c1-32-22-9-3-7-20(18(22)14-29-32)27(10-11-27)26-30-21-8-4-12-33(15-19(21)24(35)31-26)25(36)23(34)16-5-2-6-17(28)13-16/h2-3,5-7,9,13-14,23,34H,4,8,10-12,15H2,1H3,(H,30,31,35). The number of carbonyl (C=O) groups is 1. The lowest BCUT2D eigenvalue weighted by Gasteiger charge is -2.24. The molecule has 1 aliphatic heterocycles. The summed E-state index contributed by atoms with van der Waals surface area (Å²) in [4.78, 5) is 36.0. The van der Waals surface area contributed by atoms with Crippen LogP contribution in [-0.2, 0) is 30.2 Å². The van der Waals surface area contributed by atoms with E-state index in [0.717, 1.165) is 35.0 Å². The fourth-order valence-corrected chi connectivity index (χ4v) is 5.58.